The summed E-state index contributed by atoms with van der Waals surface area (Å²) in [6.07, 6.45) is -4.53. The van der Waals surface area contributed by atoms with Gasteiger partial charge in [-0.3, -0.25) is 0 Å². The van der Waals surface area contributed by atoms with E-state index in [1.165, 1.54) is 0 Å². The lowest BCUT2D eigenvalue weighted by atomic mass is 9.77. The van der Waals surface area contributed by atoms with Crippen LogP contribution in [-0.2, 0) is 9.31 Å². The molecular formula is C10H14BF3N2O2. The van der Waals surface area contributed by atoms with Crippen molar-refractivity contribution in [1.82, 2.24) is 0 Å². The van der Waals surface area contributed by atoms with E-state index >= 15 is 0 Å². The van der Waals surface area contributed by atoms with Gasteiger partial charge in [0.15, 0.2) is 5.70 Å². The predicted octanol–water partition coefficient (Wildman–Crippen LogP) is 2.90. The number of hydrogen-bond acceptors (Lipinski definition) is 4. The largest absolute Gasteiger partial charge is 0.494 e. The molecule has 0 unspecified atom stereocenters. The first-order valence-corrected chi connectivity index (χ1v) is 5.58. The summed E-state index contributed by atoms with van der Waals surface area (Å²) in [7, 11) is -1.04. The van der Waals surface area contributed by atoms with E-state index in [9.17, 15) is 13.2 Å². The fourth-order valence-corrected chi connectivity index (χ4v) is 1.73. The number of allylic oxidation sites excluding steroid dienone is 1. The lowest BCUT2D eigenvalue weighted by Crippen LogP contribution is -2.41. The normalized spacial score (nSPS) is 26.3. The average molecular weight is 262 g/mol. The maximum atomic E-state index is 12.7. The van der Waals surface area contributed by atoms with E-state index in [-0.39, 0.29) is 12.0 Å². The standard InChI is InChI=1S/C10H14BF3N2O2/c1-8(2)9(3,4)18-11(17-8)6-5-15-16-7(6)10(12,13)14/h5H2,1-4H3. The number of hydrogen-bond donors (Lipinski definition) is 0. The van der Waals surface area contributed by atoms with Crippen molar-refractivity contribution in [3.8, 4) is 0 Å². The third-order valence-electron chi connectivity index (χ3n) is 3.52. The molecule has 0 bridgehead atoms. The van der Waals surface area contributed by atoms with Crippen LogP contribution in [0.15, 0.2) is 21.4 Å². The number of alkyl halides is 3. The van der Waals surface area contributed by atoms with E-state index in [4.69, 9.17) is 9.31 Å². The molecule has 0 N–H and O–H groups in total. The summed E-state index contributed by atoms with van der Waals surface area (Å²) < 4.78 is 49.3. The van der Waals surface area contributed by atoms with Crippen molar-refractivity contribution >= 4 is 7.12 Å². The summed E-state index contributed by atoms with van der Waals surface area (Å²) in [5.41, 5.74) is -2.41. The summed E-state index contributed by atoms with van der Waals surface area (Å²) in [4.78, 5) is 0. The second-order valence-electron chi connectivity index (χ2n) is 5.36. The Morgan fingerprint density at radius 2 is 1.61 bits per heavy atom. The van der Waals surface area contributed by atoms with Crippen LogP contribution >= 0.6 is 0 Å². The van der Waals surface area contributed by atoms with Crippen LogP contribution in [-0.4, -0.2) is 31.0 Å². The molecule has 2 aliphatic heterocycles. The molecule has 0 aromatic heterocycles. The number of azo groups is 1. The van der Waals surface area contributed by atoms with Crippen molar-refractivity contribution in [1.29, 1.82) is 0 Å². The zero-order valence-electron chi connectivity index (χ0n) is 10.6. The van der Waals surface area contributed by atoms with Gasteiger partial charge in [0.1, 0.15) is 0 Å². The van der Waals surface area contributed by atoms with Gasteiger partial charge in [-0.05, 0) is 27.7 Å². The minimum atomic E-state index is -4.53. The van der Waals surface area contributed by atoms with Crippen molar-refractivity contribution in [3.05, 3.63) is 11.2 Å². The number of rotatable bonds is 1. The molecular weight excluding hydrogens is 248 g/mol. The Balaban J connectivity index is 2.31. The van der Waals surface area contributed by atoms with Crippen molar-refractivity contribution in [2.75, 3.05) is 6.54 Å². The maximum absolute atomic E-state index is 12.7. The molecule has 0 spiro atoms. The van der Waals surface area contributed by atoms with Crippen LogP contribution in [0.5, 0.6) is 0 Å². The highest BCUT2D eigenvalue weighted by molar-refractivity contribution is 6.55. The first kappa shape index (κ1) is 13.5. The van der Waals surface area contributed by atoms with Gasteiger partial charge in [-0.25, -0.2) is 0 Å². The summed E-state index contributed by atoms with van der Waals surface area (Å²) in [6, 6.07) is 0. The lowest BCUT2D eigenvalue weighted by Gasteiger charge is -2.32. The smallest absolute Gasteiger partial charge is 0.399 e. The third kappa shape index (κ3) is 2.07. The van der Waals surface area contributed by atoms with Crippen LogP contribution in [0.3, 0.4) is 0 Å². The predicted molar refractivity (Wildman–Crippen MR) is 58.9 cm³/mol. The van der Waals surface area contributed by atoms with Crippen molar-refractivity contribution in [3.63, 3.8) is 0 Å². The van der Waals surface area contributed by atoms with E-state index in [2.05, 4.69) is 10.2 Å². The molecule has 0 aromatic rings. The molecule has 1 saturated heterocycles. The number of nitrogens with zero attached hydrogens (tertiary/aromatic N) is 2. The minimum absolute atomic E-state index is 0.0545. The summed E-state index contributed by atoms with van der Waals surface area (Å²) in [5, 5.41) is 6.57. The molecule has 2 rings (SSSR count). The highest BCUT2D eigenvalue weighted by Crippen LogP contribution is 2.42. The van der Waals surface area contributed by atoms with Crippen LogP contribution in [0.2, 0.25) is 0 Å². The van der Waals surface area contributed by atoms with E-state index < -0.39 is 30.2 Å². The van der Waals surface area contributed by atoms with Crippen molar-refractivity contribution in [2.24, 2.45) is 10.2 Å². The van der Waals surface area contributed by atoms with E-state index in [1.54, 1.807) is 27.7 Å². The van der Waals surface area contributed by atoms with Gasteiger partial charge in [-0.1, -0.05) is 0 Å². The van der Waals surface area contributed by atoms with Gasteiger partial charge in [0.25, 0.3) is 0 Å². The molecule has 0 aromatic carbocycles. The van der Waals surface area contributed by atoms with Crippen molar-refractivity contribution in [2.45, 2.75) is 45.1 Å². The topological polar surface area (TPSA) is 43.2 Å². The monoisotopic (exact) mass is 262 g/mol. The van der Waals surface area contributed by atoms with Gasteiger partial charge in [-0.2, -0.15) is 23.4 Å². The highest BCUT2D eigenvalue weighted by atomic mass is 19.4. The first-order chi connectivity index (χ1) is 8.05. The zero-order chi connectivity index (χ0) is 13.8. The Labute approximate surface area is 103 Å². The van der Waals surface area contributed by atoms with Crippen molar-refractivity contribution < 1.29 is 22.5 Å². The molecule has 8 heteroatoms. The van der Waals surface area contributed by atoms with Gasteiger partial charge < -0.3 is 9.31 Å². The molecule has 0 aliphatic carbocycles. The van der Waals surface area contributed by atoms with Crippen LogP contribution in [0, 0.1) is 0 Å². The molecule has 100 valence electrons. The minimum Gasteiger partial charge on any atom is -0.399 e. The fourth-order valence-electron chi connectivity index (χ4n) is 1.73. The summed E-state index contributed by atoms with van der Waals surface area (Å²) in [5.74, 6) is 0. The van der Waals surface area contributed by atoms with Crippen LogP contribution in [0.1, 0.15) is 27.7 Å². The SMILES string of the molecule is CC1(C)OB(C2=C(C(F)(F)F)N=NC2)OC1(C)C. The lowest BCUT2D eigenvalue weighted by molar-refractivity contribution is -0.0929. The maximum Gasteiger partial charge on any atom is 0.494 e. The molecule has 18 heavy (non-hydrogen) atoms. The molecule has 0 radical (unpaired) electrons. The van der Waals surface area contributed by atoms with E-state index in [0.717, 1.165) is 0 Å². The van der Waals surface area contributed by atoms with Crippen LogP contribution in [0.25, 0.3) is 0 Å². The average Bonchev–Trinajstić information content (AvgIpc) is 2.68. The number of halogens is 3. The van der Waals surface area contributed by atoms with Gasteiger partial charge in [0, 0.05) is 5.47 Å². The van der Waals surface area contributed by atoms with Crippen LogP contribution in [0.4, 0.5) is 13.2 Å². The molecule has 0 amide bonds. The molecule has 2 heterocycles. The second kappa shape index (κ2) is 3.80. The van der Waals surface area contributed by atoms with Gasteiger partial charge in [0.05, 0.1) is 17.7 Å². The zero-order valence-corrected chi connectivity index (χ0v) is 10.6. The molecule has 1 fully saturated rings. The van der Waals surface area contributed by atoms with Gasteiger partial charge in [-0.15, -0.1) is 0 Å². The third-order valence-corrected chi connectivity index (χ3v) is 3.52. The Morgan fingerprint density at radius 3 is 2.06 bits per heavy atom. The Kier molecular flexibility index (Phi) is 2.86. The fraction of sp³-hybridized carbons (Fsp3) is 0.800. The summed E-state index contributed by atoms with van der Waals surface area (Å²) in [6.45, 7) is 6.99. The Morgan fingerprint density at radius 1 is 1.11 bits per heavy atom. The molecule has 0 atom stereocenters. The molecule has 2 aliphatic rings. The van der Waals surface area contributed by atoms with Crippen LogP contribution < -0.4 is 0 Å². The van der Waals surface area contributed by atoms with E-state index in [0.29, 0.717) is 0 Å². The molecule has 4 nitrogen and oxygen atoms in total. The van der Waals surface area contributed by atoms with Gasteiger partial charge in [0.2, 0.25) is 0 Å². The Hall–Kier alpha value is -0.885. The first-order valence-electron chi connectivity index (χ1n) is 5.58. The quantitative estimate of drug-likeness (QED) is 0.682. The van der Waals surface area contributed by atoms with Gasteiger partial charge >= 0.3 is 13.3 Å². The highest BCUT2D eigenvalue weighted by Gasteiger charge is 2.55. The second-order valence-corrected chi connectivity index (χ2v) is 5.36. The van der Waals surface area contributed by atoms with E-state index in [1.807, 2.05) is 0 Å². The summed E-state index contributed by atoms with van der Waals surface area (Å²) >= 11 is 0. The Bertz CT molecular complexity index is 413. The molecule has 0 saturated carbocycles.